The Morgan fingerprint density at radius 2 is 1.52 bits per heavy atom. The summed E-state index contributed by atoms with van der Waals surface area (Å²) in [5, 5.41) is 2.01. The van der Waals surface area contributed by atoms with E-state index in [0.717, 1.165) is 10.1 Å². The Kier molecular flexibility index (Phi) is 8.23. The molecule has 0 spiro atoms. The smallest absolute Gasteiger partial charge is 0.332 e. The van der Waals surface area contributed by atoms with Crippen molar-refractivity contribution in [1.29, 1.82) is 0 Å². The lowest BCUT2D eigenvalue weighted by atomic mass is 10.4. The van der Waals surface area contributed by atoms with E-state index in [9.17, 15) is 4.79 Å². The largest absolute Gasteiger partial charge is 0.466 e. The van der Waals surface area contributed by atoms with E-state index in [4.69, 9.17) is 0 Å². The number of nitrogens with zero attached hydrogens (tertiary/aromatic N) is 2. The van der Waals surface area contributed by atoms with Crippen LogP contribution in [0.5, 0.6) is 0 Å². The number of rotatable bonds is 4. The van der Waals surface area contributed by atoms with Crippen molar-refractivity contribution in [2.24, 2.45) is 0 Å². The molecular weight excluding hydrogens is 304 g/mol. The van der Waals surface area contributed by atoms with Gasteiger partial charge in [-0.1, -0.05) is 18.7 Å². The molecule has 4 nitrogen and oxygen atoms in total. The third-order valence-electron chi connectivity index (χ3n) is 2.02. The van der Waals surface area contributed by atoms with Crippen LogP contribution in [0.25, 0.3) is 0 Å². The van der Waals surface area contributed by atoms with Gasteiger partial charge in [-0.05, 0) is 52.8 Å². The Morgan fingerprint density at radius 1 is 1.05 bits per heavy atom. The van der Waals surface area contributed by atoms with Crippen LogP contribution in [0.1, 0.15) is 6.92 Å². The Morgan fingerprint density at radius 3 is 1.76 bits per heavy atom. The molecule has 0 atom stereocenters. The van der Waals surface area contributed by atoms with E-state index in [2.05, 4.69) is 21.3 Å². The molecule has 110 valence electrons. The maximum atomic E-state index is 10.2. The van der Waals surface area contributed by atoms with Crippen molar-refractivity contribution in [2.75, 3.05) is 7.11 Å². The molecule has 0 aliphatic heterocycles. The average Bonchev–Trinajstić information content (AvgIpc) is 2.54. The Labute approximate surface area is 132 Å². The van der Waals surface area contributed by atoms with Gasteiger partial charge in [-0.15, -0.1) is 0 Å². The summed E-state index contributed by atoms with van der Waals surface area (Å²) < 4.78 is 4.27. The monoisotopic (exact) mass is 320 g/mol. The van der Waals surface area contributed by atoms with E-state index < -0.39 is 0 Å². The van der Waals surface area contributed by atoms with Crippen LogP contribution in [-0.2, 0) is 9.53 Å². The molecule has 2 aromatic heterocycles. The van der Waals surface area contributed by atoms with Crippen molar-refractivity contribution >= 4 is 27.6 Å². The first-order valence-electron chi connectivity index (χ1n) is 6.04. The van der Waals surface area contributed by atoms with Crippen molar-refractivity contribution in [1.82, 2.24) is 9.97 Å². The van der Waals surface area contributed by atoms with Gasteiger partial charge >= 0.3 is 5.97 Å². The minimum Gasteiger partial charge on any atom is -0.466 e. The molecule has 0 fully saturated rings. The van der Waals surface area contributed by atoms with Gasteiger partial charge in [0, 0.05) is 18.0 Å². The van der Waals surface area contributed by atoms with Crippen LogP contribution < -0.4 is 0 Å². The minimum absolute atomic E-state index is 0.347. The highest BCUT2D eigenvalue weighted by Gasteiger charge is 1.97. The van der Waals surface area contributed by atoms with E-state index in [0.29, 0.717) is 5.57 Å². The van der Waals surface area contributed by atoms with E-state index in [1.54, 1.807) is 40.9 Å². The van der Waals surface area contributed by atoms with Gasteiger partial charge in [0.25, 0.3) is 0 Å². The maximum Gasteiger partial charge on any atom is 0.332 e. The lowest BCUT2D eigenvalue weighted by molar-refractivity contribution is -0.136. The summed E-state index contributed by atoms with van der Waals surface area (Å²) in [4.78, 5) is 18.6. The molecule has 0 radical (unpaired) electrons. The van der Waals surface area contributed by atoms with Gasteiger partial charge in [0.05, 0.1) is 7.11 Å². The summed E-state index contributed by atoms with van der Waals surface area (Å²) in [5.74, 6) is -0.347. The van der Waals surface area contributed by atoms with Crippen LogP contribution in [0, 0.1) is 0 Å². The van der Waals surface area contributed by atoms with Crippen LogP contribution >= 0.6 is 21.6 Å². The van der Waals surface area contributed by atoms with E-state index in [1.165, 1.54) is 7.11 Å². The Hall–Kier alpha value is -1.79. The molecule has 0 N–H and O–H groups in total. The zero-order chi connectivity index (χ0) is 15.5. The lowest BCUT2D eigenvalue weighted by Gasteiger charge is -1.97. The van der Waals surface area contributed by atoms with Crippen LogP contribution in [0.3, 0.4) is 0 Å². The number of hydrogen-bond acceptors (Lipinski definition) is 6. The lowest BCUT2D eigenvalue weighted by Crippen LogP contribution is -1.98. The molecule has 0 unspecified atom stereocenters. The molecule has 0 saturated heterocycles. The number of esters is 1. The number of aromatic nitrogens is 2. The third-order valence-corrected chi connectivity index (χ3v) is 4.20. The predicted molar refractivity (Wildman–Crippen MR) is 87.0 cm³/mol. The van der Waals surface area contributed by atoms with E-state index >= 15 is 0 Å². The molecule has 0 amide bonds. The molecule has 21 heavy (non-hydrogen) atoms. The molecule has 0 saturated carbocycles. The summed E-state index contributed by atoms with van der Waals surface area (Å²) in [6.07, 6.45) is 3.59. The Bertz CT molecular complexity index is 523. The second kappa shape index (κ2) is 10.0. The molecular formula is C15H16N2O2S2. The van der Waals surface area contributed by atoms with Crippen LogP contribution in [0.2, 0.25) is 0 Å². The Balaban J connectivity index is 0.000000270. The number of carbonyl (C=O) groups is 1. The van der Waals surface area contributed by atoms with Gasteiger partial charge in [0.15, 0.2) is 0 Å². The SMILES string of the molecule is C=C(C)C(=O)OC.c1ccc(SSc2ccccn2)nc1. The fraction of sp³-hybridized carbons (Fsp3) is 0.133. The first-order chi connectivity index (χ1) is 10.1. The molecule has 2 aromatic rings. The summed E-state index contributed by atoms with van der Waals surface area (Å²) in [6, 6.07) is 11.8. The highest BCUT2D eigenvalue weighted by Crippen LogP contribution is 2.34. The number of carbonyl (C=O) groups excluding carboxylic acids is 1. The topological polar surface area (TPSA) is 52.1 Å². The van der Waals surface area contributed by atoms with E-state index in [-0.39, 0.29) is 5.97 Å². The second-order valence-corrected chi connectivity index (χ2v) is 5.94. The fourth-order valence-electron chi connectivity index (χ4n) is 1.05. The maximum absolute atomic E-state index is 10.2. The van der Waals surface area contributed by atoms with Gasteiger partial charge in [-0.3, -0.25) is 0 Å². The number of hydrogen-bond donors (Lipinski definition) is 0. The highest BCUT2D eigenvalue weighted by atomic mass is 33.1. The highest BCUT2D eigenvalue weighted by molar-refractivity contribution is 8.76. The summed E-state index contributed by atoms with van der Waals surface area (Å²) in [6.45, 7) is 4.95. The fourth-order valence-corrected chi connectivity index (χ4v) is 2.80. The molecule has 0 aliphatic rings. The second-order valence-electron chi connectivity index (χ2n) is 3.77. The van der Waals surface area contributed by atoms with Crippen molar-refractivity contribution < 1.29 is 9.53 Å². The van der Waals surface area contributed by atoms with Crippen molar-refractivity contribution in [3.05, 3.63) is 60.9 Å². The van der Waals surface area contributed by atoms with Crippen molar-refractivity contribution in [2.45, 2.75) is 17.0 Å². The van der Waals surface area contributed by atoms with E-state index in [1.807, 2.05) is 36.4 Å². The summed E-state index contributed by atoms with van der Waals surface area (Å²) in [5.41, 5.74) is 0.433. The molecule has 0 bridgehead atoms. The number of pyridine rings is 2. The van der Waals surface area contributed by atoms with Gasteiger partial charge in [-0.2, -0.15) is 0 Å². The molecule has 6 heteroatoms. The first-order valence-corrected chi connectivity index (χ1v) is 8.19. The van der Waals surface area contributed by atoms with Crippen LogP contribution in [0.4, 0.5) is 0 Å². The van der Waals surface area contributed by atoms with Crippen LogP contribution in [0.15, 0.2) is 71.0 Å². The first kappa shape index (κ1) is 17.3. The molecule has 0 aliphatic carbocycles. The normalized spacial score (nSPS) is 9.24. The zero-order valence-electron chi connectivity index (χ0n) is 11.9. The van der Waals surface area contributed by atoms with Gasteiger partial charge in [-0.25, -0.2) is 14.8 Å². The molecule has 2 rings (SSSR count). The standard InChI is InChI=1S/C10H8N2S2.C5H8O2/c1-3-7-11-9(5-1)13-14-10-6-2-4-8-12-10;1-4(2)5(6)7-3/h1-8H;1H2,2-3H3. The minimum atomic E-state index is -0.347. The zero-order valence-corrected chi connectivity index (χ0v) is 13.5. The van der Waals surface area contributed by atoms with Gasteiger partial charge in [0.1, 0.15) is 10.1 Å². The van der Waals surface area contributed by atoms with Crippen molar-refractivity contribution in [3.63, 3.8) is 0 Å². The third kappa shape index (κ3) is 7.53. The summed E-state index contributed by atoms with van der Waals surface area (Å²) >= 11 is 0. The van der Waals surface area contributed by atoms with Gasteiger partial charge < -0.3 is 4.74 Å². The quantitative estimate of drug-likeness (QED) is 0.482. The molecule has 0 aromatic carbocycles. The summed E-state index contributed by atoms with van der Waals surface area (Å²) in [7, 11) is 4.56. The van der Waals surface area contributed by atoms with Gasteiger partial charge in [0.2, 0.25) is 0 Å². The van der Waals surface area contributed by atoms with Crippen LogP contribution in [-0.4, -0.2) is 23.0 Å². The number of methoxy groups -OCH3 is 1. The molecule has 2 heterocycles. The average molecular weight is 320 g/mol. The predicted octanol–water partition coefficient (Wildman–Crippen LogP) is 4.01. The van der Waals surface area contributed by atoms with Crippen molar-refractivity contribution in [3.8, 4) is 0 Å². The number of ether oxygens (including phenoxy) is 1.